The van der Waals surface area contributed by atoms with E-state index in [-0.39, 0.29) is 10.6 Å². The van der Waals surface area contributed by atoms with Crippen LogP contribution in [-0.4, -0.2) is 33.3 Å². The molecule has 0 aromatic heterocycles. The van der Waals surface area contributed by atoms with E-state index >= 15 is 0 Å². The molecule has 1 fully saturated rings. The summed E-state index contributed by atoms with van der Waals surface area (Å²) in [6, 6.07) is 11.3. The maximum Gasteiger partial charge on any atom is 0.277 e. The van der Waals surface area contributed by atoms with Gasteiger partial charge in [-0.3, -0.25) is 10.1 Å². The molecule has 0 amide bonds. The molecule has 1 atom stereocenters. The van der Waals surface area contributed by atoms with Crippen molar-refractivity contribution in [2.45, 2.75) is 46.1 Å². The molecule has 2 aromatic carbocycles. The van der Waals surface area contributed by atoms with Crippen molar-refractivity contribution in [1.29, 1.82) is 0 Å². The van der Waals surface area contributed by atoms with Gasteiger partial charge in [-0.1, -0.05) is 63.6 Å². The third-order valence-corrected chi connectivity index (χ3v) is 5.97. The molecule has 1 aliphatic heterocycles. The number of fused-ring (bicyclic) bond motifs is 1. The molecule has 6 heteroatoms. The number of benzene rings is 2. The molecule has 3 rings (SSSR count). The average Bonchev–Trinajstić information content (AvgIpc) is 3.00. The molecule has 5 nitrogen and oxygen atoms in total. The summed E-state index contributed by atoms with van der Waals surface area (Å²) in [5.74, 6) is 1.63. The maximum absolute atomic E-state index is 11.3. The van der Waals surface area contributed by atoms with Gasteiger partial charge in [-0.2, -0.15) is 0 Å². The Morgan fingerprint density at radius 3 is 2.67 bits per heavy atom. The molecule has 0 unspecified atom stereocenters. The Bertz CT molecular complexity index is 850. The quantitative estimate of drug-likeness (QED) is 0.433. The lowest BCUT2D eigenvalue weighted by Crippen LogP contribution is -2.36. The van der Waals surface area contributed by atoms with Crippen LogP contribution >= 0.6 is 11.8 Å². The van der Waals surface area contributed by atoms with E-state index in [0.29, 0.717) is 17.3 Å². The summed E-state index contributed by atoms with van der Waals surface area (Å²) in [6.07, 6.45) is 3.62. The Morgan fingerprint density at radius 2 is 2.00 bits per heavy atom. The zero-order valence-corrected chi connectivity index (χ0v) is 17.0. The van der Waals surface area contributed by atoms with E-state index in [2.05, 4.69) is 25.7 Å². The molecular weight excluding hydrogens is 358 g/mol. The zero-order valence-electron chi connectivity index (χ0n) is 16.2. The van der Waals surface area contributed by atoms with Crippen LogP contribution in [0.4, 0.5) is 11.4 Å². The van der Waals surface area contributed by atoms with Gasteiger partial charge in [0, 0.05) is 29.8 Å². The minimum Gasteiger partial charge on any atom is -0.347 e. The first kappa shape index (κ1) is 19.7. The van der Waals surface area contributed by atoms with Crippen LogP contribution in [-0.2, 0) is 0 Å². The summed E-state index contributed by atoms with van der Waals surface area (Å²) >= 11 is 1.81. The highest BCUT2D eigenvalue weighted by molar-refractivity contribution is 8.14. The van der Waals surface area contributed by atoms with E-state index in [0.717, 1.165) is 28.5 Å². The van der Waals surface area contributed by atoms with E-state index < -0.39 is 0 Å². The summed E-state index contributed by atoms with van der Waals surface area (Å²) < 4.78 is 0. The molecule has 1 aliphatic rings. The molecule has 144 valence electrons. The van der Waals surface area contributed by atoms with Gasteiger partial charge in [0.05, 0.1) is 16.0 Å². The number of hydrogen-bond acceptors (Lipinski definition) is 4. The first-order chi connectivity index (χ1) is 13.0. The Balaban J connectivity index is 1.99. The Labute approximate surface area is 165 Å². The van der Waals surface area contributed by atoms with Crippen LogP contribution in [0, 0.1) is 16.0 Å². The van der Waals surface area contributed by atoms with E-state index in [1.54, 1.807) is 30.0 Å². The summed E-state index contributed by atoms with van der Waals surface area (Å²) in [4.78, 5) is 18.4. The van der Waals surface area contributed by atoms with Crippen LogP contribution in [0.25, 0.3) is 10.8 Å². The van der Waals surface area contributed by atoms with Crippen molar-refractivity contribution in [3.63, 3.8) is 0 Å². The van der Waals surface area contributed by atoms with Gasteiger partial charge in [0.25, 0.3) is 5.69 Å². The number of non-ortho nitro benzene ring substituents is 1. The molecule has 0 spiro atoms. The van der Waals surface area contributed by atoms with E-state index in [1.165, 1.54) is 19.3 Å². The lowest BCUT2D eigenvalue weighted by molar-refractivity contribution is -0.383. The Morgan fingerprint density at radius 1 is 1.26 bits per heavy atom. The number of thioether (sulfide) groups is 1. The maximum atomic E-state index is 11.3. The van der Waals surface area contributed by atoms with E-state index in [1.807, 2.05) is 18.2 Å². The molecule has 1 heterocycles. The fraction of sp³-hybridized carbons (Fsp3) is 0.476. The summed E-state index contributed by atoms with van der Waals surface area (Å²) in [5.41, 5.74) is 0.942. The van der Waals surface area contributed by atoms with Crippen molar-refractivity contribution in [2.24, 2.45) is 10.9 Å². The molecule has 0 aliphatic carbocycles. The number of nitro benzene ring substituents is 1. The first-order valence-corrected chi connectivity index (χ1v) is 10.6. The molecule has 1 saturated heterocycles. The third-order valence-electron chi connectivity index (χ3n) is 4.83. The number of unbranched alkanes of at least 4 members (excludes halogenated alkanes) is 1. The number of nitro groups is 1. The van der Waals surface area contributed by atoms with Gasteiger partial charge in [0.2, 0.25) is 0 Å². The fourth-order valence-electron chi connectivity index (χ4n) is 3.52. The lowest BCUT2D eigenvalue weighted by Gasteiger charge is -2.27. The molecule has 0 bridgehead atoms. The normalized spacial score (nSPS) is 18.7. The van der Waals surface area contributed by atoms with Crippen molar-refractivity contribution >= 4 is 39.1 Å². The smallest absolute Gasteiger partial charge is 0.277 e. The van der Waals surface area contributed by atoms with Gasteiger partial charge in [-0.15, -0.1) is 0 Å². The Kier molecular flexibility index (Phi) is 6.37. The minimum absolute atomic E-state index is 0.133. The lowest BCUT2D eigenvalue weighted by atomic mass is 10.1. The standard InChI is InChI=1S/C21H27N3O2S/c1-4-5-8-16-14-27-21(23(16)13-15(2)3)22-19-11-12-20(24(25)26)18-10-7-6-9-17(18)19/h6-7,9-12,15-16H,4-5,8,13-14H2,1-3H3/t16-/m0/s1. The largest absolute Gasteiger partial charge is 0.347 e. The second-order valence-electron chi connectivity index (χ2n) is 7.45. The van der Waals surface area contributed by atoms with Crippen molar-refractivity contribution in [3.8, 4) is 0 Å². The van der Waals surface area contributed by atoms with Crippen LogP contribution in [0.1, 0.15) is 40.0 Å². The number of amidine groups is 1. The number of rotatable bonds is 7. The van der Waals surface area contributed by atoms with E-state index in [4.69, 9.17) is 4.99 Å². The number of hydrogen-bond donors (Lipinski definition) is 0. The van der Waals surface area contributed by atoms with Crippen LogP contribution in [0.5, 0.6) is 0 Å². The van der Waals surface area contributed by atoms with Gasteiger partial charge >= 0.3 is 0 Å². The van der Waals surface area contributed by atoms with Gasteiger partial charge in [-0.05, 0) is 24.5 Å². The van der Waals surface area contributed by atoms with Crippen LogP contribution in [0.15, 0.2) is 41.4 Å². The monoisotopic (exact) mass is 385 g/mol. The molecular formula is C21H27N3O2S. The SMILES string of the molecule is CCCC[C@H]1CSC(=Nc2ccc([N+](=O)[O-])c3ccccc23)N1CC(C)C. The number of aliphatic imine (C=N–C) groups is 1. The Hall–Kier alpha value is -2.08. The van der Waals surface area contributed by atoms with Gasteiger partial charge in [0.1, 0.15) is 0 Å². The summed E-state index contributed by atoms with van der Waals surface area (Å²) in [5, 5.41) is 13.9. The predicted octanol–water partition coefficient (Wildman–Crippen LogP) is 6.00. The van der Waals surface area contributed by atoms with Gasteiger partial charge in [-0.25, -0.2) is 4.99 Å². The second kappa shape index (κ2) is 8.74. The van der Waals surface area contributed by atoms with Gasteiger partial charge in [0.15, 0.2) is 5.17 Å². The number of nitrogens with zero attached hydrogens (tertiary/aromatic N) is 3. The first-order valence-electron chi connectivity index (χ1n) is 9.65. The van der Waals surface area contributed by atoms with E-state index in [9.17, 15) is 10.1 Å². The van der Waals surface area contributed by atoms with Crippen molar-refractivity contribution in [3.05, 3.63) is 46.5 Å². The van der Waals surface area contributed by atoms with Crippen molar-refractivity contribution in [1.82, 2.24) is 4.90 Å². The molecule has 2 aromatic rings. The summed E-state index contributed by atoms with van der Waals surface area (Å²) in [6.45, 7) is 7.69. The third kappa shape index (κ3) is 4.43. The molecule has 0 N–H and O–H groups in total. The van der Waals surface area contributed by atoms with Gasteiger partial charge < -0.3 is 4.90 Å². The highest BCUT2D eigenvalue weighted by atomic mass is 32.2. The zero-order chi connectivity index (χ0) is 19.4. The molecule has 0 radical (unpaired) electrons. The predicted molar refractivity (Wildman–Crippen MR) is 115 cm³/mol. The minimum atomic E-state index is -0.324. The van der Waals surface area contributed by atoms with Crippen LogP contribution in [0.2, 0.25) is 0 Å². The van der Waals surface area contributed by atoms with Crippen molar-refractivity contribution in [2.75, 3.05) is 12.3 Å². The van der Waals surface area contributed by atoms with Crippen LogP contribution in [0.3, 0.4) is 0 Å². The summed E-state index contributed by atoms with van der Waals surface area (Å²) in [7, 11) is 0. The highest BCUT2D eigenvalue weighted by Crippen LogP contribution is 2.36. The van der Waals surface area contributed by atoms with Crippen LogP contribution < -0.4 is 0 Å². The molecule has 0 saturated carbocycles. The van der Waals surface area contributed by atoms with Crippen molar-refractivity contribution < 1.29 is 4.92 Å². The second-order valence-corrected chi connectivity index (χ2v) is 8.44. The topological polar surface area (TPSA) is 58.7 Å². The fourth-order valence-corrected chi connectivity index (χ4v) is 4.76. The highest BCUT2D eigenvalue weighted by Gasteiger charge is 2.30. The average molecular weight is 386 g/mol. The molecule has 27 heavy (non-hydrogen) atoms.